The summed E-state index contributed by atoms with van der Waals surface area (Å²) in [5.74, 6) is -1.58. The van der Waals surface area contributed by atoms with Gasteiger partial charge in [-0.25, -0.2) is 8.78 Å². The SMILES string of the molecule is CCOCC1COB(c2ccc(F)c(F)c2)OC1. The molecule has 1 fully saturated rings. The highest BCUT2D eigenvalue weighted by molar-refractivity contribution is 6.61. The van der Waals surface area contributed by atoms with Crippen LogP contribution in [0.25, 0.3) is 0 Å². The number of benzene rings is 1. The van der Waals surface area contributed by atoms with Gasteiger partial charge in [-0.05, 0) is 24.5 Å². The van der Waals surface area contributed by atoms with E-state index in [4.69, 9.17) is 14.0 Å². The van der Waals surface area contributed by atoms with Crippen LogP contribution < -0.4 is 5.46 Å². The van der Waals surface area contributed by atoms with Gasteiger partial charge in [0.1, 0.15) is 0 Å². The fraction of sp³-hybridized carbons (Fsp3) is 0.500. The molecule has 1 aliphatic heterocycles. The lowest BCUT2D eigenvalue weighted by molar-refractivity contribution is 0.0229. The number of hydrogen-bond acceptors (Lipinski definition) is 3. The molecule has 6 heteroatoms. The maximum Gasteiger partial charge on any atom is 0.493 e. The summed E-state index contributed by atoms with van der Waals surface area (Å²) >= 11 is 0. The third kappa shape index (κ3) is 3.28. The highest BCUT2D eigenvalue weighted by Crippen LogP contribution is 2.11. The predicted octanol–water partition coefficient (Wildman–Crippen LogP) is 1.36. The van der Waals surface area contributed by atoms with Gasteiger partial charge in [-0.15, -0.1) is 0 Å². The second kappa shape index (κ2) is 6.27. The molecule has 0 bridgehead atoms. The zero-order chi connectivity index (χ0) is 13.0. The number of rotatable bonds is 4. The molecule has 0 N–H and O–H groups in total. The summed E-state index contributed by atoms with van der Waals surface area (Å²) in [6.07, 6.45) is 0. The maximum atomic E-state index is 13.1. The van der Waals surface area contributed by atoms with E-state index < -0.39 is 18.8 Å². The minimum Gasteiger partial charge on any atom is -0.407 e. The molecule has 0 atom stereocenters. The normalized spacial score (nSPS) is 17.2. The van der Waals surface area contributed by atoms with Crippen LogP contribution in [-0.2, 0) is 14.0 Å². The molecule has 1 aliphatic rings. The van der Waals surface area contributed by atoms with Crippen molar-refractivity contribution in [1.82, 2.24) is 0 Å². The molecule has 0 unspecified atom stereocenters. The van der Waals surface area contributed by atoms with Crippen LogP contribution >= 0.6 is 0 Å². The van der Waals surface area contributed by atoms with Crippen molar-refractivity contribution in [2.24, 2.45) is 5.92 Å². The lowest BCUT2D eigenvalue weighted by Gasteiger charge is -2.27. The van der Waals surface area contributed by atoms with Crippen molar-refractivity contribution >= 4 is 12.6 Å². The van der Waals surface area contributed by atoms with Gasteiger partial charge < -0.3 is 14.0 Å². The maximum absolute atomic E-state index is 13.1. The number of halogens is 2. The first-order valence-electron chi connectivity index (χ1n) is 5.96. The van der Waals surface area contributed by atoms with Gasteiger partial charge >= 0.3 is 7.12 Å². The second-order valence-electron chi connectivity index (χ2n) is 4.20. The quantitative estimate of drug-likeness (QED) is 0.761. The number of hydrogen-bond donors (Lipinski definition) is 0. The average Bonchev–Trinajstić information content (AvgIpc) is 2.40. The fourth-order valence-corrected chi connectivity index (χ4v) is 1.78. The molecule has 0 amide bonds. The Kier molecular flexibility index (Phi) is 4.69. The first-order valence-corrected chi connectivity index (χ1v) is 5.96. The monoisotopic (exact) mass is 256 g/mol. The topological polar surface area (TPSA) is 27.7 Å². The minimum absolute atomic E-state index is 0.187. The molecule has 18 heavy (non-hydrogen) atoms. The van der Waals surface area contributed by atoms with E-state index in [2.05, 4.69) is 0 Å². The molecule has 0 radical (unpaired) electrons. The summed E-state index contributed by atoms with van der Waals surface area (Å²) < 4.78 is 42.1. The van der Waals surface area contributed by atoms with Crippen LogP contribution in [0.15, 0.2) is 18.2 Å². The van der Waals surface area contributed by atoms with Gasteiger partial charge in [0.05, 0.1) is 6.61 Å². The van der Waals surface area contributed by atoms with Crippen LogP contribution in [0.2, 0.25) is 0 Å². The Morgan fingerprint density at radius 2 is 2.00 bits per heavy atom. The van der Waals surface area contributed by atoms with E-state index in [9.17, 15) is 8.78 Å². The van der Waals surface area contributed by atoms with Crippen LogP contribution in [0.3, 0.4) is 0 Å². The van der Waals surface area contributed by atoms with Gasteiger partial charge in [-0.2, -0.15) is 0 Å². The van der Waals surface area contributed by atoms with E-state index in [1.165, 1.54) is 6.07 Å². The van der Waals surface area contributed by atoms with E-state index >= 15 is 0 Å². The van der Waals surface area contributed by atoms with Crippen molar-refractivity contribution in [3.05, 3.63) is 29.8 Å². The van der Waals surface area contributed by atoms with E-state index in [1.807, 2.05) is 6.92 Å². The van der Waals surface area contributed by atoms with Crippen LogP contribution in [0, 0.1) is 17.6 Å². The van der Waals surface area contributed by atoms with E-state index in [0.29, 0.717) is 31.9 Å². The van der Waals surface area contributed by atoms with Crippen LogP contribution in [-0.4, -0.2) is 33.5 Å². The third-order valence-electron chi connectivity index (χ3n) is 2.74. The zero-order valence-electron chi connectivity index (χ0n) is 10.2. The molecule has 98 valence electrons. The highest BCUT2D eigenvalue weighted by atomic mass is 19.2. The average molecular weight is 256 g/mol. The standard InChI is InChI=1S/C12H15BF2O3/c1-2-16-6-9-7-17-13(18-8-9)10-3-4-11(14)12(15)5-10/h3-5,9H,2,6-8H2,1H3. The molecule has 1 saturated heterocycles. The molecule has 1 aromatic rings. The molecule has 2 rings (SSSR count). The predicted molar refractivity (Wildman–Crippen MR) is 63.6 cm³/mol. The first-order chi connectivity index (χ1) is 8.70. The Bertz CT molecular complexity index is 395. The van der Waals surface area contributed by atoms with Crippen molar-refractivity contribution in [1.29, 1.82) is 0 Å². The summed E-state index contributed by atoms with van der Waals surface area (Å²) in [6.45, 7) is 4.14. The van der Waals surface area contributed by atoms with Gasteiger partial charge in [0.2, 0.25) is 0 Å². The Balaban J connectivity index is 1.90. The van der Waals surface area contributed by atoms with Crippen molar-refractivity contribution in [3.8, 4) is 0 Å². The summed E-state index contributed by atoms with van der Waals surface area (Å²) in [5.41, 5.74) is 0.490. The van der Waals surface area contributed by atoms with Crippen molar-refractivity contribution < 1.29 is 22.8 Å². The van der Waals surface area contributed by atoms with Crippen LogP contribution in [0.1, 0.15) is 6.92 Å². The molecule has 3 nitrogen and oxygen atoms in total. The Morgan fingerprint density at radius 3 is 2.61 bits per heavy atom. The summed E-state index contributed by atoms with van der Waals surface area (Å²) in [4.78, 5) is 0. The van der Waals surface area contributed by atoms with Crippen LogP contribution in [0.4, 0.5) is 8.78 Å². The Labute approximate surface area is 105 Å². The molecule has 1 aromatic carbocycles. The molecular formula is C12H15BF2O3. The van der Waals surface area contributed by atoms with Crippen molar-refractivity contribution in [2.75, 3.05) is 26.4 Å². The molecule has 0 spiro atoms. The minimum atomic E-state index is -0.892. The summed E-state index contributed by atoms with van der Waals surface area (Å²) in [5, 5.41) is 0. The van der Waals surface area contributed by atoms with Crippen molar-refractivity contribution in [3.63, 3.8) is 0 Å². The summed E-state index contributed by atoms with van der Waals surface area (Å²) in [7, 11) is -0.627. The number of ether oxygens (including phenoxy) is 1. The lowest BCUT2D eigenvalue weighted by atomic mass is 9.77. The van der Waals surface area contributed by atoms with E-state index in [-0.39, 0.29) is 5.92 Å². The third-order valence-corrected chi connectivity index (χ3v) is 2.74. The van der Waals surface area contributed by atoms with E-state index in [1.54, 1.807) is 0 Å². The van der Waals surface area contributed by atoms with Gasteiger partial charge in [0.15, 0.2) is 11.6 Å². The van der Waals surface area contributed by atoms with Gasteiger partial charge in [0, 0.05) is 25.7 Å². The fourth-order valence-electron chi connectivity index (χ4n) is 1.78. The van der Waals surface area contributed by atoms with Gasteiger partial charge in [-0.1, -0.05) is 6.07 Å². The molecule has 1 heterocycles. The van der Waals surface area contributed by atoms with Gasteiger partial charge in [-0.3, -0.25) is 0 Å². The van der Waals surface area contributed by atoms with Crippen molar-refractivity contribution in [2.45, 2.75) is 6.92 Å². The Morgan fingerprint density at radius 1 is 1.28 bits per heavy atom. The largest absolute Gasteiger partial charge is 0.493 e. The van der Waals surface area contributed by atoms with E-state index in [0.717, 1.165) is 12.1 Å². The first kappa shape index (κ1) is 13.5. The molecule has 0 aliphatic carbocycles. The smallest absolute Gasteiger partial charge is 0.407 e. The molecular weight excluding hydrogens is 241 g/mol. The van der Waals surface area contributed by atoms with Gasteiger partial charge in [0.25, 0.3) is 0 Å². The zero-order valence-corrected chi connectivity index (χ0v) is 10.2. The second-order valence-corrected chi connectivity index (χ2v) is 4.20. The summed E-state index contributed by atoms with van der Waals surface area (Å²) in [6, 6.07) is 3.64. The molecule has 0 aromatic heterocycles. The van der Waals surface area contributed by atoms with Crippen LogP contribution in [0.5, 0.6) is 0 Å². The Hall–Kier alpha value is -0.975. The lowest BCUT2D eigenvalue weighted by Crippen LogP contribution is -2.45. The highest BCUT2D eigenvalue weighted by Gasteiger charge is 2.29. The molecule has 0 saturated carbocycles.